The molecule has 0 saturated carbocycles. The summed E-state index contributed by atoms with van der Waals surface area (Å²) in [6.07, 6.45) is -4.67. The molecule has 0 spiro atoms. The van der Waals surface area contributed by atoms with Crippen molar-refractivity contribution < 1.29 is 27.5 Å². The monoisotopic (exact) mass is 405 g/mol. The van der Waals surface area contributed by atoms with Crippen LogP contribution in [0.25, 0.3) is 5.65 Å². The van der Waals surface area contributed by atoms with Gasteiger partial charge >= 0.3 is 6.18 Å². The number of fused-ring (bicyclic) bond motifs is 2. The smallest absolute Gasteiger partial charge is 0.433 e. The highest BCUT2D eigenvalue weighted by molar-refractivity contribution is 6.02. The first-order valence-electron chi connectivity index (χ1n) is 8.49. The van der Waals surface area contributed by atoms with Crippen molar-refractivity contribution in [2.24, 2.45) is 0 Å². The van der Waals surface area contributed by atoms with Gasteiger partial charge in [0.05, 0.1) is 5.69 Å². The second-order valence-corrected chi connectivity index (χ2v) is 6.32. The lowest BCUT2D eigenvalue weighted by Gasteiger charge is -2.19. The molecule has 3 aromatic rings. The summed E-state index contributed by atoms with van der Waals surface area (Å²) >= 11 is 0. The van der Waals surface area contributed by atoms with Gasteiger partial charge in [-0.2, -0.15) is 13.2 Å². The second kappa shape index (κ2) is 6.76. The molecular weight excluding hydrogens is 391 g/mol. The number of carbonyl (C=O) groups excluding carboxylic acids is 2. The van der Waals surface area contributed by atoms with E-state index in [1.807, 2.05) is 0 Å². The van der Waals surface area contributed by atoms with Crippen molar-refractivity contribution in [3.05, 3.63) is 54.0 Å². The number of para-hydroxylation sites is 2. The topological polar surface area (TPSA) is 88.8 Å². The van der Waals surface area contributed by atoms with Crippen LogP contribution in [0.15, 0.2) is 42.5 Å². The predicted octanol–water partition coefficient (Wildman–Crippen LogP) is 1.90. The highest BCUT2D eigenvalue weighted by atomic mass is 19.4. The molecule has 1 aromatic carbocycles. The number of hydrogen-bond donors (Lipinski definition) is 1. The molecule has 11 heteroatoms. The molecule has 1 atom stereocenters. The maximum Gasteiger partial charge on any atom is 0.433 e. The molecule has 0 radical (unpaired) electrons. The van der Waals surface area contributed by atoms with Crippen LogP contribution in [-0.2, 0) is 11.0 Å². The van der Waals surface area contributed by atoms with Gasteiger partial charge in [0.2, 0.25) is 5.82 Å². The molecule has 1 unspecified atom stereocenters. The van der Waals surface area contributed by atoms with Gasteiger partial charge < -0.3 is 15.0 Å². The molecule has 3 heterocycles. The molecule has 0 aliphatic carbocycles. The van der Waals surface area contributed by atoms with Gasteiger partial charge in [0, 0.05) is 7.05 Å². The quantitative estimate of drug-likeness (QED) is 0.704. The van der Waals surface area contributed by atoms with E-state index in [1.54, 1.807) is 24.3 Å². The van der Waals surface area contributed by atoms with E-state index in [0.717, 1.165) is 6.07 Å². The minimum absolute atomic E-state index is 0.141. The first kappa shape index (κ1) is 18.7. The van der Waals surface area contributed by atoms with Crippen LogP contribution in [0.1, 0.15) is 16.3 Å². The van der Waals surface area contributed by atoms with E-state index in [1.165, 1.54) is 24.1 Å². The van der Waals surface area contributed by atoms with Crippen LogP contribution in [0.5, 0.6) is 5.75 Å². The minimum Gasteiger partial charge on any atom is -0.489 e. The third-order valence-electron chi connectivity index (χ3n) is 4.42. The molecule has 0 fully saturated rings. The number of likely N-dealkylation sites (N-methyl/N-ethyl adjacent to an activating group) is 1. The van der Waals surface area contributed by atoms with Gasteiger partial charge in [0.15, 0.2) is 5.65 Å². The van der Waals surface area contributed by atoms with Crippen LogP contribution in [0, 0.1) is 0 Å². The molecule has 0 bridgehead atoms. The lowest BCUT2D eigenvalue weighted by atomic mass is 10.2. The largest absolute Gasteiger partial charge is 0.489 e. The zero-order valence-electron chi connectivity index (χ0n) is 15.0. The second-order valence-electron chi connectivity index (χ2n) is 6.32. The van der Waals surface area contributed by atoms with Crippen molar-refractivity contribution in [2.75, 3.05) is 18.6 Å². The third-order valence-corrected chi connectivity index (χ3v) is 4.42. The number of carbonyl (C=O) groups is 2. The summed E-state index contributed by atoms with van der Waals surface area (Å²) in [5, 5.41) is 6.09. The highest BCUT2D eigenvalue weighted by Crippen LogP contribution is 2.30. The summed E-state index contributed by atoms with van der Waals surface area (Å²) in [4.78, 5) is 30.4. The summed E-state index contributed by atoms with van der Waals surface area (Å²) in [6, 6.07) is 9.10. The molecule has 1 aliphatic heterocycles. The summed E-state index contributed by atoms with van der Waals surface area (Å²) in [7, 11) is 1.54. The van der Waals surface area contributed by atoms with Crippen LogP contribution in [0.3, 0.4) is 0 Å². The van der Waals surface area contributed by atoms with Gasteiger partial charge in [-0.25, -0.2) is 9.50 Å². The van der Waals surface area contributed by atoms with Gasteiger partial charge in [0.1, 0.15) is 24.1 Å². The fourth-order valence-corrected chi connectivity index (χ4v) is 3.00. The number of pyridine rings is 1. The maximum absolute atomic E-state index is 13.1. The number of hydrogen-bond acceptors (Lipinski definition) is 5. The number of aromatic nitrogens is 3. The van der Waals surface area contributed by atoms with E-state index in [9.17, 15) is 22.8 Å². The summed E-state index contributed by atoms with van der Waals surface area (Å²) in [5.74, 6) is -1.34. The van der Waals surface area contributed by atoms with Gasteiger partial charge in [-0.3, -0.25) is 9.59 Å². The normalized spacial score (nSPS) is 16.9. The van der Waals surface area contributed by atoms with Gasteiger partial charge in [-0.05, 0) is 24.3 Å². The van der Waals surface area contributed by atoms with E-state index in [4.69, 9.17) is 4.74 Å². The Labute approximate surface area is 161 Å². The standard InChI is InChI=1S/C18H14F3N5O3/c1-25-11-5-2-3-6-12(11)29-9-10(17(25)28)22-16(27)15-23-14-8-4-7-13(18(19,20)21)26(14)24-15/h2-8,10H,9H2,1H3,(H,22,27). The molecule has 29 heavy (non-hydrogen) atoms. The maximum atomic E-state index is 13.1. The first-order valence-corrected chi connectivity index (χ1v) is 8.49. The average Bonchev–Trinajstić information content (AvgIpc) is 3.09. The van der Waals surface area contributed by atoms with E-state index in [2.05, 4.69) is 15.4 Å². The molecule has 1 N–H and O–H groups in total. The fraction of sp³-hybridized carbons (Fsp3) is 0.222. The zero-order chi connectivity index (χ0) is 20.8. The summed E-state index contributed by atoms with van der Waals surface area (Å²) < 4.78 is 45.5. The SMILES string of the molecule is CN1C(=O)C(NC(=O)c2nc3cccc(C(F)(F)F)n3n2)COc2ccccc21. The van der Waals surface area contributed by atoms with Crippen LogP contribution in [0.4, 0.5) is 18.9 Å². The lowest BCUT2D eigenvalue weighted by Crippen LogP contribution is -2.49. The lowest BCUT2D eigenvalue weighted by molar-refractivity contribution is -0.142. The Morgan fingerprint density at radius 1 is 1.21 bits per heavy atom. The van der Waals surface area contributed by atoms with Crippen LogP contribution in [0.2, 0.25) is 0 Å². The number of halogens is 3. The van der Waals surface area contributed by atoms with Crippen molar-refractivity contribution in [1.29, 1.82) is 0 Å². The molecule has 4 rings (SSSR count). The molecule has 150 valence electrons. The van der Waals surface area contributed by atoms with Crippen molar-refractivity contribution in [3.63, 3.8) is 0 Å². The van der Waals surface area contributed by atoms with Gasteiger partial charge in [-0.15, -0.1) is 5.10 Å². The number of nitrogens with one attached hydrogen (secondary N) is 1. The summed E-state index contributed by atoms with van der Waals surface area (Å²) in [6.45, 7) is -0.146. The molecule has 0 saturated heterocycles. The van der Waals surface area contributed by atoms with Crippen molar-refractivity contribution in [3.8, 4) is 5.75 Å². The number of benzene rings is 1. The minimum atomic E-state index is -4.67. The van der Waals surface area contributed by atoms with Gasteiger partial charge in [-0.1, -0.05) is 18.2 Å². The predicted molar refractivity (Wildman–Crippen MR) is 94.6 cm³/mol. The van der Waals surface area contributed by atoms with Crippen molar-refractivity contribution in [1.82, 2.24) is 19.9 Å². The first-order chi connectivity index (χ1) is 13.8. The number of anilines is 1. The number of nitrogens with zero attached hydrogens (tertiary/aromatic N) is 4. The molecule has 2 amide bonds. The fourth-order valence-electron chi connectivity index (χ4n) is 3.00. The average molecular weight is 405 g/mol. The van der Waals surface area contributed by atoms with E-state index in [-0.39, 0.29) is 12.3 Å². The zero-order valence-corrected chi connectivity index (χ0v) is 15.0. The van der Waals surface area contributed by atoms with E-state index in [0.29, 0.717) is 16.0 Å². The number of rotatable bonds is 2. The van der Waals surface area contributed by atoms with Crippen molar-refractivity contribution in [2.45, 2.75) is 12.2 Å². The number of ether oxygens (including phenoxy) is 1. The molecule has 1 aliphatic rings. The molecule has 8 nitrogen and oxygen atoms in total. The van der Waals surface area contributed by atoms with Gasteiger partial charge in [0.25, 0.3) is 11.8 Å². The summed E-state index contributed by atoms with van der Waals surface area (Å²) in [5.41, 5.74) is -0.668. The highest BCUT2D eigenvalue weighted by Gasteiger charge is 2.35. The van der Waals surface area contributed by atoms with Crippen molar-refractivity contribution >= 4 is 23.1 Å². The Bertz CT molecular complexity index is 1110. The Morgan fingerprint density at radius 3 is 2.72 bits per heavy atom. The molecule has 2 aromatic heterocycles. The Kier molecular flexibility index (Phi) is 4.36. The molecular formula is C18H14F3N5O3. The van der Waals surface area contributed by atoms with E-state index < -0.39 is 35.6 Å². The number of alkyl halides is 3. The van der Waals surface area contributed by atoms with Crippen LogP contribution >= 0.6 is 0 Å². The number of amides is 2. The van der Waals surface area contributed by atoms with Crippen LogP contribution in [-0.4, -0.2) is 46.1 Å². The Hall–Kier alpha value is -3.63. The Morgan fingerprint density at radius 2 is 1.97 bits per heavy atom. The Balaban J connectivity index is 1.59. The van der Waals surface area contributed by atoms with Crippen LogP contribution < -0.4 is 15.0 Å². The van der Waals surface area contributed by atoms with E-state index >= 15 is 0 Å². The third kappa shape index (κ3) is 3.35.